The third kappa shape index (κ3) is 7.62. The molecule has 0 saturated heterocycles. The van der Waals surface area contributed by atoms with E-state index in [2.05, 4.69) is 0 Å². The van der Waals surface area contributed by atoms with Crippen molar-refractivity contribution in [2.24, 2.45) is 0 Å². The predicted molar refractivity (Wildman–Crippen MR) is 121 cm³/mol. The van der Waals surface area contributed by atoms with Gasteiger partial charge in [0.2, 0.25) is 0 Å². The van der Waals surface area contributed by atoms with Crippen LogP contribution in [0.2, 0.25) is 0 Å². The Labute approximate surface area is 181 Å². The van der Waals surface area contributed by atoms with Crippen LogP contribution in [0.25, 0.3) is 12.2 Å². The summed E-state index contributed by atoms with van der Waals surface area (Å²) < 4.78 is 10.1. The van der Waals surface area contributed by atoms with Gasteiger partial charge in [-0.3, -0.25) is 4.79 Å². The maximum Gasteiger partial charge on any atom is 0.182 e. The molecule has 0 atom stereocenters. The second-order valence-corrected chi connectivity index (χ2v) is 6.27. The summed E-state index contributed by atoms with van der Waals surface area (Å²) in [6.07, 6.45) is 13.8. The van der Waals surface area contributed by atoms with Gasteiger partial charge in [-0.2, -0.15) is 0 Å². The Bertz CT molecular complexity index is 1060. The minimum Gasteiger partial charge on any atom is -0.508 e. The van der Waals surface area contributed by atoms with Gasteiger partial charge in [-0.05, 0) is 47.5 Å². The van der Waals surface area contributed by atoms with E-state index in [1.807, 2.05) is 0 Å². The fraction of sp³-hybridized carbons (Fsp3) is 0.0800. The number of methoxy groups -OCH3 is 2. The number of aliphatic hydroxyl groups excluding tert-OH is 1. The predicted octanol–water partition coefficient (Wildman–Crippen LogP) is 4.97. The highest BCUT2D eigenvalue weighted by Crippen LogP contribution is 2.27. The van der Waals surface area contributed by atoms with Crippen LogP contribution >= 0.6 is 0 Å². The van der Waals surface area contributed by atoms with Crippen molar-refractivity contribution >= 4 is 17.9 Å². The molecule has 6 heteroatoms. The number of aliphatic hydroxyl groups is 1. The SMILES string of the molecule is COc1cc(/C=C/C=C/C(=O)/C=C(O)/C=C/C=C/c2ccc(O)c(OC)c2)ccc1O. The van der Waals surface area contributed by atoms with Gasteiger partial charge in [0, 0.05) is 6.08 Å². The molecule has 0 aliphatic heterocycles. The van der Waals surface area contributed by atoms with Gasteiger partial charge in [-0.15, -0.1) is 0 Å². The van der Waals surface area contributed by atoms with Crippen LogP contribution in [0.3, 0.4) is 0 Å². The Morgan fingerprint density at radius 2 is 1.26 bits per heavy atom. The third-order valence-electron chi connectivity index (χ3n) is 4.02. The number of phenolic OH excluding ortho intramolecular Hbond substituents is 2. The van der Waals surface area contributed by atoms with E-state index in [0.29, 0.717) is 11.5 Å². The number of aromatic hydroxyl groups is 2. The summed E-state index contributed by atoms with van der Waals surface area (Å²) in [6.45, 7) is 0. The van der Waals surface area contributed by atoms with Crippen molar-refractivity contribution in [1.82, 2.24) is 0 Å². The van der Waals surface area contributed by atoms with Gasteiger partial charge in [0.05, 0.1) is 14.2 Å². The normalized spacial score (nSPS) is 12.4. The zero-order valence-corrected chi connectivity index (χ0v) is 17.2. The van der Waals surface area contributed by atoms with Crippen LogP contribution in [-0.4, -0.2) is 35.3 Å². The van der Waals surface area contributed by atoms with Crippen LogP contribution < -0.4 is 9.47 Å². The van der Waals surface area contributed by atoms with Gasteiger partial charge in [0.25, 0.3) is 0 Å². The summed E-state index contributed by atoms with van der Waals surface area (Å²) in [5.74, 6) is 0.277. The molecule has 0 unspecified atom stereocenters. The largest absolute Gasteiger partial charge is 0.508 e. The fourth-order valence-electron chi connectivity index (χ4n) is 2.48. The van der Waals surface area contributed by atoms with Gasteiger partial charge in [0.1, 0.15) is 5.76 Å². The molecular weight excluding hydrogens is 396 g/mol. The number of rotatable bonds is 9. The molecule has 0 amide bonds. The summed E-state index contributed by atoms with van der Waals surface area (Å²) in [7, 11) is 2.94. The van der Waals surface area contributed by atoms with E-state index in [0.717, 1.165) is 17.2 Å². The number of allylic oxidation sites excluding steroid dienone is 7. The minimum atomic E-state index is -0.373. The standard InChI is InChI=1S/C25H24O6/c1-30-24-15-18(11-13-22(24)28)7-3-5-9-20(26)17-21(27)10-6-4-8-19-12-14-23(29)25(16-19)31-2/h3-17,26,28-29H,1-2H3/b7-3+,8-4+,9-5+,10-6+,20-17-. The first kappa shape index (κ1) is 23.1. The molecule has 0 spiro atoms. The molecule has 0 saturated carbocycles. The molecule has 0 aromatic heterocycles. The Hall–Kier alpha value is -4.19. The van der Waals surface area contributed by atoms with Gasteiger partial charge < -0.3 is 24.8 Å². The smallest absolute Gasteiger partial charge is 0.182 e. The summed E-state index contributed by atoms with van der Waals surface area (Å²) >= 11 is 0. The second-order valence-electron chi connectivity index (χ2n) is 6.27. The molecule has 0 radical (unpaired) electrons. The highest BCUT2D eigenvalue weighted by molar-refractivity contribution is 5.99. The van der Waals surface area contributed by atoms with Crippen LogP contribution in [0.1, 0.15) is 11.1 Å². The topological polar surface area (TPSA) is 96.2 Å². The molecule has 6 nitrogen and oxygen atoms in total. The van der Waals surface area contributed by atoms with Crippen molar-refractivity contribution in [3.63, 3.8) is 0 Å². The molecule has 2 aromatic rings. The number of phenols is 2. The van der Waals surface area contributed by atoms with Crippen molar-refractivity contribution in [3.8, 4) is 23.0 Å². The van der Waals surface area contributed by atoms with E-state index in [9.17, 15) is 20.1 Å². The Balaban J connectivity index is 1.90. The van der Waals surface area contributed by atoms with Crippen molar-refractivity contribution in [2.45, 2.75) is 0 Å². The highest BCUT2D eigenvalue weighted by atomic mass is 16.5. The number of benzene rings is 2. The lowest BCUT2D eigenvalue weighted by molar-refractivity contribution is -0.110. The average Bonchev–Trinajstić information content (AvgIpc) is 2.76. The molecule has 0 aliphatic rings. The van der Waals surface area contributed by atoms with E-state index >= 15 is 0 Å². The third-order valence-corrected chi connectivity index (χ3v) is 4.02. The molecule has 2 rings (SSSR count). The van der Waals surface area contributed by atoms with Crippen molar-refractivity contribution in [2.75, 3.05) is 14.2 Å². The molecule has 3 N–H and O–H groups in total. The molecule has 0 heterocycles. The van der Waals surface area contributed by atoms with Crippen molar-refractivity contribution in [3.05, 3.63) is 95.8 Å². The number of hydrogen-bond acceptors (Lipinski definition) is 6. The van der Waals surface area contributed by atoms with E-state index in [1.54, 1.807) is 60.7 Å². The molecule has 0 aliphatic carbocycles. The van der Waals surface area contributed by atoms with Gasteiger partial charge in [-0.25, -0.2) is 0 Å². The Morgan fingerprint density at radius 3 is 1.74 bits per heavy atom. The molecule has 160 valence electrons. The molecule has 31 heavy (non-hydrogen) atoms. The average molecular weight is 420 g/mol. The molecular formula is C25H24O6. The summed E-state index contributed by atoms with van der Waals surface area (Å²) in [6, 6.07) is 9.81. The fourth-order valence-corrected chi connectivity index (χ4v) is 2.48. The van der Waals surface area contributed by atoms with Gasteiger partial charge >= 0.3 is 0 Å². The number of ether oxygens (including phenoxy) is 2. The van der Waals surface area contributed by atoms with E-state index in [1.165, 1.54) is 38.5 Å². The molecule has 0 fully saturated rings. The lowest BCUT2D eigenvalue weighted by Gasteiger charge is -2.03. The first-order valence-corrected chi connectivity index (χ1v) is 9.31. The lowest BCUT2D eigenvalue weighted by atomic mass is 10.2. The van der Waals surface area contributed by atoms with Crippen LogP contribution in [0.4, 0.5) is 0 Å². The zero-order chi connectivity index (χ0) is 22.6. The first-order chi connectivity index (χ1) is 14.9. The van der Waals surface area contributed by atoms with Crippen LogP contribution in [-0.2, 0) is 4.79 Å². The van der Waals surface area contributed by atoms with E-state index in [-0.39, 0.29) is 23.0 Å². The van der Waals surface area contributed by atoms with Crippen molar-refractivity contribution < 1.29 is 29.6 Å². The van der Waals surface area contributed by atoms with E-state index < -0.39 is 0 Å². The Morgan fingerprint density at radius 1 is 0.774 bits per heavy atom. The van der Waals surface area contributed by atoms with Gasteiger partial charge in [-0.1, -0.05) is 48.6 Å². The maximum atomic E-state index is 11.9. The number of carbonyl (C=O) groups is 1. The van der Waals surface area contributed by atoms with Crippen LogP contribution in [0, 0.1) is 0 Å². The Kier molecular flexibility index (Phi) is 8.73. The van der Waals surface area contributed by atoms with Crippen LogP contribution in [0.5, 0.6) is 23.0 Å². The summed E-state index contributed by atoms with van der Waals surface area (Å²) in [5, 5.41) is 29.0. The zero-order valence-electron chi connectivity index (χ0n) is 17.2. The maximum absolute atomic E-state index is 11.9. The quantitative estimate of drug-likeness (QED) is 0.301. The monoisotopic (exact) mass is 420 g/mol. The van der Waals surface area contributed by atoms with Crippen molar-refractivity contribution in [1.29, 1.82) is 0 Å². The summed E-state index contributed by atoms with van der Waals surface area (Å²) in [4.78, 5) is 11.9. The summed E-state index contributed by atoms with van der Waals surface area (Å²) in [5.41, 5.74) is 1.60. The minimum absolute atomic E-state index is 0.0525. The number of ketones is 1. The first-order valence-electron chi connectivity index (χ1n) is 9.31. The highest BCUT2D eigenvalue weighted by Gasteiger charge is 2.00. The molecule has 2 aromatic carbocycles. The number of carbonyl (C=O) groups excluding carboxylic acids is 1. The lowest BCUT2D eigenvalue weighted by Crippen LogP contribution is -1.88. The van der Waals surface area contributed by atoms with E-state index in [4.69, 9.17) is 9.47 Å². The second kappa shape index (κ2) is 11.7. The van der Waals surface area contributed by atoms with Crippen LogP contribution in [0.15, 0.2) is 84.7 Å². The van der Waals surface area contributed by atoms with Gasteiger partial charge in [0.15, 0.2) is 28.8 Å². The molecule has 0 bridgehead atoms. The number of hydrogen-bond donors (Lipinski definition) is 3.